The lowest BCUT2D eigenvalue weighted by molar-refractivity contribution is 0.649. The fourth-order valence-corrected chi connectivity index (χ4v) is 3.63. The summed E-state index contributed by atoms with van der Waals surface area (Å²) in [6, 6.07) is 2.06. The minimum absolute atomic E-state index is 0.483. The average molecular weight is 220 g/mol. The van der Waals surface area contributed by atoms with Crippen molar-refractivity contribution in [1.82, 2.24) is 5.32 Å². The van der Waals surface area contributed by atoms with Crippen LogP contribution in [0.15, 0.2) is 11.4 Å². The van der Waals surface area contributed by atoms with Gasteiger partial charge in [-0.3, -0.25) is 0 Å². The highest BCUT2D eigenvalue weighted by Crippen LogP contribution is 2.34. The Morgan fingerprint density at radius 1 is 1.58 bits per heavy atom. The van der Waals surface area contributed by atoms with Crippen LogP contribution >= 0.6 is 34.7 Å². The molecule has 1 saturated heterocycles. The van der Waals surface area contributed by atoms with Gasteiger partial charge in [-0.25, -0.2) is 0 Å². The molecule has 1 aliphatic rings. The Bertz CT molecular complexity index is 255. The van der Waals surface area contributed by atoms with Crippen molar-refractivity contribution in [3.05, 3.63) is 21.3 Å². The molecule has 1 aliphatic heterocycles. The molecule has 66 valence electrons. The van der Waals surface area contributed by atoms with E-state index in [1.807, 2.05) is 17.1 Å². The van der Waals surface area contributed by atoms with Gasteiger partial charge in [0.1, 0.15) is 0 Å². The minimum Gasteiger partial charge on any atom is -0.301 e. The normalized spacial score (nSPS) is 24.2. The fraction of sp³-hybridized carbons (Fsp3) is 0.500. The first kappa shape index (κ1) is 8.88. The average Bonchev–Trinajstić information content (AvgIpc) is 2.54. The fourth-order valence-electron chi connectivity index (χ4n) is 1.21. The number of rotatable bonds is 1. The van der Waals surface area contributed by atoms with Gasteiger partial charge in [0, 0.05) is 10.3 Å². The van der Waals surface area contributed by atoms with Crippen LogP contribution in [0.2, 0.25) is 5.02 Å². The summed E-state index contributed by atoms with van der Waals surface area (Å²) in [5, 5.41) is 6.80. The zero-order valence-corrected chi connectivity index (χ0v) is 8.94. The van der Waals surface area contributed by atoms with Crippen molar-refractivity contribution in [3.8, 4) is 0 Å². The molecule has 2 heterocycles. The summed E-state index contributed by atoms with van der Waals surface area (Å²) in [7, 11) is 0. The van der Waals surface area contributed by atoms with E-state index in [0.29, 0.717) is 5.37 Å². The third-order valence-corrected chi connectivity index (χ3v) is 4.55. The summed E-state index contributed by atoms with van der Waals surface area (Å²) in [6.45, 7) is 1.13. The van der Waals surface area contributed by atoms with E-state index in [1.165, 1.54) is 17.1 Å². The maximum Gasteiger partial charge on any atom is 0.0883 e. The molecule has 0 saturated carbocycles. The van der Waals surface area contributed by atoms with Crippen LogP contribution in [0.4, 0.5) is 0 Å². The Hall–Kier alpha value is 0.300. The summed E-state index contributed by atoms with van der Waals surface area (Å²) in [4.78, 5) is 1.35. The molecule has 0 aliphatic carbocycles. The van der Waals surface area contributed by atoms with E-state index in [-0.39, 0.29) is 0 Å². The Labute approximate surface area is 85.5 Å². The quantitative estimate of drug-likeness (QED) is 0.779. The first-order valence-corrected chi connectivity index (χ1v) is 6.26. The van der Waals surface area contributed by atoms with E-state index < -0.39 is 0 Å². The number of thiophene rings is 1. The number of thioether (sulfide) groups is 1. The summed E-state index contributed by atoms with van der Waals surface area (Å²) in [5.41, 5.74) is 0. The predicted octanol–water partition coefficient (Wildman–Crippen LogP) is 3.13. The topological polar surface area (TPSA) is 12.0 Å². The molecule has 4 heteroatoms. The molecular formula is C8H10ClNS2. The smallest absolute Gasteiger partial charge is 0.0883 e. The van der Waals surface area contributed by atoms with Gasteiger partial charge < -0.3 is 5.32 Å². The lowest BCUT2D eigenvalue weighted by Gasteiger charge is -2.21. The molecule has 1 aromatic heterocycles. The van der Waals surface area contributed by atoms with Crippen molar-refractivity contribution in [2.24, 2.45) is 0 Å². The Morgan fingerprint density at radius 3 is 3.08 bits per heavy atom. The van der Waals surface area contributed by atoms with Gasteiger partial charge in [-0.1, -0.05) is 11.6 Å². The maximum absolute atomic E-state index is 5.85. The lowest BCUT2D eigenvalue weighted by atomic mass is 10.4. The van der Waals surface area contributed by atoms with Crippen LogP contribution in [0.5, 0.6) is 0 Å². The minimum atomic E-state index is 0.483. The van der Waals surface area contributed by atoms with Crippen LogP contribution in [0, 0.1) is 0 Å². The lowest BCUT2D eigenvalue weighted by Crippen LogP contribution is -2.24. The van der Waals surface area contributed by atoms with Crippen LogP contribution in [0.3, 0.4) is 0 Å². The van der Waals surface area contributed by atoms with E-state index in [0.717, 1.165) is 11.6 Å². The SMILES string of the molecule is Clc1csc(C2NCCCS2)c1. The third kappa shape index (κ3) is 1.96. The monoisotopic (exact) mass is 219 g/mol. The van der Waals surface area contributed by atoms with Crippen LogP contribution in [0.1, 0.15) is 16.7 Å². The van der Waals surface area contributed by atoms with Gasteiger partial charge in [-0.2, -0.15) is 0 Å². The summed E-state index contributed by atoms with van der Waals surface area (Å²) in [5.74, 6) is 1.26. The molecule has 1 fully saturated rings. The molecule has 0 spiro atoms. The molecule has 1 aromatic rings. The van der Waals surface area contributed by atoms with Gasteiger partial charge in [-0.15, -0.1) is 23.1 Å². The second-order valence-electron chi connectivity index (χ2n) is 2.73. The zero-order chi connectivity index (χ0) is 8.39. The molecule has 1 unspecified atom stereocenters. The number of halogens is 1. The summed E-state index contributed by atoms with van der Waals surface area (Å²) < 4.78 is 0. The van der Waals surface area contributed by atoms with Crippen molar-refractivity contribution in [1.29, 1.82) is 0 Å². The van der Waals surface area contributed by atoms with Gasteiger partial charge in [0.15, 0.2) is 0 Å². The van der Waals surface area contributed by atoms with Crippen molar-refractivity contribution in [3.63, 3.8) is 0 Å². The van der Waals surface area contributed by atoms with Crippen molar-refractivity contribution in [2.75, 3.05) is 12.3 Å². The molecule has 1 N–H and O–H groups in total. The van der Waals surface area contributed by atoms with Crippen LogP contribution in [-0.4, -0.2) is 12.3 Å². The largest absolute Gasteiger partial charge is 0.301 e. The Morgan fingerprint density at radius 2 is 2.50 bits per heavy atom. The van der Waals surface area contributed by atoms with E-state index >= 15 is 0 Å². The molecule has 1 atom stereocenters. The summed E-state index contributed by atoms with van der Waals surface area (Å²) in [6.07, 6.45) is 1.28. The van der Waals surface area contributed by atoms with E-state index in [4.69, 9.17) is 11.6 Å². The highest BCUT2D eigenvalue weighted by molar-refractivity contribution is 7.99. The second kappa shape index (κ2) is 4.01. The van der Waals surface area contributed by atoms with Crippen molar-refractivity contribution >= 4 is 34.7 Å². The molecule has 0 aromatic carbocycles. The Kier molecular flexibility index (Phi) is 2.96. The highest BCUT2D eigenvalue weighted by atomic mass is 35.5. The van der Waals surface area contributed by atoms with Gasteiger partial charge >= 0.3 is 0 Å². The van der Waals surface area contributed by atoms with Crippen LogP contribution in [-0.2, 0) is 0 Å². The van der Waals surface area contributed by atoms with Crippen molar-refractivity contribution < 1.29 is 0 Å². The molecule has 1 nitrogen and oxygen atoms in total. The highest BCUT2D eigenvalue weighted by Gasteiger charge is 2.16. The third-order valence-electron chi connectivity index (χ3n) is 1.78. The molecule has 2 rings (SSSR count). The molecule has 0 bridgehead atoms. The summed E-state index contributed by atoms with van der Waals surface area (Å²) >= 11 is 9.56. The number of hydrogen-bond acceptors (Lipinski definition) is 3. The first-order valence-electron chi connectivity index (χ1n) is 3.95. The van der Waals surface area contributed by atoms with E-state index in [1.54, 1.807) is 11.3 Å². The van der Waals surface area contributed by atoms with Gasteiger partial charge in [0.05, 0.1) is 10.4 Å². The maximum atomic E-state index is 5.85. The van der Waals surface area contributed by atoms with Crippen LogP contribution in [0.25, 0.3) is 0 Å². The first-order chi connectivity index (χ1) is 5.86. The van der Waals surface area contributed by atoms with Crippen molar-refractivity contribution in [2.45, 2.75) is 11.8 Å². The van der Waals surface area contributed by atoms with Crippen LogP contribution < -0.4 is 5.32 Å². The van der Waals surface area contributed by atoms with Gasteiger partial charge in [0.25, 0.3) is 0 Å². The Balaban J connectivity index is 2.08. The molecule has 0 radical (unpaired) electrons. The van der Waals surface area contributed by atoms with E-state index in [9.17, 15) is 0 Å². The van der Waals surface area contributed by atoms with Gasteiger partial charge in [-0.05, 0) is 24.8 Å². The molecule has 0 amide bonds. The number of hydrogen-bond donors (Lipinski definition) is 1. The second-order valence-corrected chi connectivity index (χ2v) is 5.32. The molecular weight excluding hydrogens is 210 g/mol. The van der Waals surface area contributed by atoms with E-state index in [2.05, 4.69) is 11.4 Å². The molecule has 12 heavy (non-hydrogen) atoms. The van der Waals surface area contributed by atoms with Gasteiger partial charge in [0.2, 0.25) is 0 Å². The predicted molar refractivity (Wildman–Crippen MR) is 57.1 cm³/mol. The zero-order valence-electron chi connectivity index (χ0n) is 6.55. The number of nitrogens with one attached hydrogen (secondary N) is 1. The standard InChI is InChI=1S/C8H10ClNS2/c9-6-4-7(12-5-6)8-10-2-1-3-11-8/h4-5,8,10H,1-3H2.